The number of nitrogens with zero attached hydrogens (tertiary/aromatic N) is 3. The van der Waals surface area contributed by atoms with Gasteiger partial charge in [0.25, 0.3) is 0 Å². The van der Waals surface area contributed by atoms with Crippen LogP contribution in [0, 0.1) is 20.8 Å². The smallest absolute Gasteiger partial charge is 0.118 e. The normalized spacial score (nSPS) is 11.4. The molecule has 2 heterocycles. The summed E-state index contributed by atoms with van der Waals surface area (Å²) in [6.07, 6.45) is 1.93. The Morgan fingerprint density at radius 1 is 1.28 bits per heavy atom. The van der Waals surface area contributed by atoms with Crippen LogP contribution in [0.2, 0.25) is 0 Å². The summed E-state index contributed by atoms with van der Waals surface area (Å²) in [7, 11) is 4.07. The molecule has 0 radical (unpaired) electrons. The van der Waals surface area contributed by atoms with Crippen molar-refractivity contribution in [2.45, 2.75) is 33.9 Å². The Bertz CT molecular complexity index is 520. The van der Waals surface area contributed by atoms with Crippen molar-refractivity contribution in [3.05, 3.63) is 40.6 Å². The minimum atomic E-state index is 0.822. The summed E-state index contributed by atoms with van der Waals surface area (Å²) >= 11 is 0. The van der Waals surface area contributed by atoms with Gasteiger partial charge in [0.05, 0.1) is 12.7 Å². The molecule has 0 unspecified atom stereocenters. The summed E-state index contributed by atoms with van der Waals surface area (Å²) in [5.41, 5.74) is 3.70. The summed E-state index contributed by atoms with van der Waals surface area (Å²) in [5, 5.41) is 4.26. The topological polar surface area (TPSA) is 34.2 Å². The summed E-state index contributed by atoms with van der Waals surface area (Å²) in [6.45, 7) is 7.89. The number of furan rings is 1. The maximum atomic E-state index is 5.70. The first kappa shape index (κ1) is 12.9. The molecule has 0 spiro atoms. The van der Waals surface area contributed by atoms with Gasteiger partial charge in [0.1, 0.15) is 11.5 Å². The van der Waals surface area contributed by atoms with Gasteiger partial charge in [0, 0.05) is 24.8 Å². The predicted molar refractivity (Wildman–Crippen MR) is 71.3 cm³/mol. The molecular weight excluding hydrogens is 226 g/mol. The minimum Gasteiger partial charge on any atom is -0.465 e. The van der Waals surface area contributed by atoms with E-state index in [1.165, 1.54) is 16.8 Å². The molecule has 2 aromatic rings. The molecule has 0 atom stereocenters. The predicted octanol–water partition coefficient (Wildman–Crippen LogP) is 2.57. The van der Waals surface area contributed by atoms with Crippen LogP contribution >= 0.6 is 0 Å². The average Bonchev–Trinajstić information content (AvgIpc) is 2.76. The lowest BCUT2D eigenvalue weighted by atomic mass is 10.2. The van der Waals surface area contributed by atoms with Gasteiger partial charge in [-0.25, -0.2) is 0 Å². The second kappa shape index (κ2) is 4.98. The standard InChI is InChI=1S/C14H21N3O/c1-10-6-14(18-12(10)3)9-16(4)8-13-7-15-17(5)11(13)2/h6-7H,8-9H2,1-5H3. The third-order valence-electron chi connectivity index (χ3n) is 3.42. The van der Waals surface area contributed by atoms with E-state index in [1.807, 2.05) is 24.9 Å². The zero-order valence-corrected chi connectivity index (χ0v) is 11.8. The summed E-state index contributed by atoms with van der Waals surface area (Å²) in [6, 6.07) is 2.11. The largest absolute Gasteiger partial charge is 0.465 e. The van der Waals surface area contributed by atoms with Crippen LogP contribution in [0.5, 0.6) is 0 Å². The van der Waals surface area contributed by atoms with Gasteiger partial charge in [-0.15, -0.1) is 0 Å². The van der Waals surface area contributed by atoms with Crippen LogP contribution < -0.4 is 0 Å². The van der Waals surface area contributed by atoms with Crippen LogP contribution in [0.25, 0.3) is 0 Å². The third kappa shape index (κ3) is 2.64. The van der Waals surface area contributed by atoms with E-state index in [0.29, 0.717) is 0 Å². The van der Waals surface area contributed by atoms with Crippen molar-refractivity contribution in [2.75, 3.05) is 7.05 Å². The molecule has 0 aliphatic carbocycles. The van der Waals surface area contributed by atoms with Gasteiger partial charge >= 0.3 is 0 Å². The molecule has 2 rings (SSSR count). The van der Waals surface area contributed by atoms with Crippen molar-refractivity contribution in [1.29, 1.82) is 0 Å². The summed E-state index contributed by atoms with van der Waals surface area (Å²) < 4.78 is 7.60. The van der Waals surface area contributed by atoms with Crippen LogP contribution in [-0.4, -0.2) is 21.7 Å². The van der Waals surface area contributed by atoms with Gasteiger partial charge in [-0.1, -0.05) is 0 Å². The van der Waals surface area contributed by atoms with E-state index in [4.69, 9.17) is 4.42 Å². The molecule has 98 valence electrons. The quantitative estimate of drug-likeness (QED) is 0.832. The Hall–Kier alpha value is -1.55. The fourth-order valence-corrected chi connectivity index (χ4v) is 2.04. The van der Waals surface area contributed by atoms with Crippen molar-refractivity contribution >= 4 is 0 Å². The highest BCUT2D eigenvalue weighted by molar-refractivity contribution is 5.19. The van der Waals surface area contributed by atoms with Crippen molar-refractivity contribution in [3.8, 4) is 0 Å². The Morgan fingerprint density at radius 3 is 2.50 bits per heavy atom. The van der Waals surface area contributed by atoms with Crippen LogP contribution in [-0.2, 0) is 20.1 Å². The zero-order valence-electron chi connectivity index (χ0n) is 11.8. The van der Waals surface area contributed by atoms with Crippen LogP contribution in [0.15, 0.2) is 16.7 Å². The highest BCUT2D eigenvalue weighted by atomic mass is 16.3. The van der Waals surface area contributed by atoms with Crippen LogP contribution in [0.3, 0.4) is 0 Å². The molecule has 4 heteroatoms. The first-order valence-electron chi connectivity index (χ1n) is 6.19. The molecule has 0 saturated carbocycles. The lowest BCUT2D eigenvalue weighted by Gasteiger charge is -2.14. The summed E-state index contributed by atoms with van der Waals surface area (Å²) in [5.74, 6) is 2.03. The first-order valence-corrected chi connectivity index (χ1v) is 6.19. The van der Waals surface area contributed by atoms with Crippen molar-refractivity contribution < 1.29 is 4.42 Å². The lowest BCUT2D eigenvalue weighted by molar-refractivity contribution is 0.284. The fraction of sp³-hybridized carbons (Fsp3) is 0.500. The van der Waals surface area contributed by atoms with Crippen molar-refractivity contribution in [2.24, 2.45) is 7.05 Å². The highest BCUT2D eigenvalue weighted by Crippen LogP contribution is 2.16. The molecule has 0 saturated heterocycles. The highest BCUT2D eigenvalue weighted by Gasteiger charge is 2.10. The van der Waals surface area contributed by atoms with Gasteiger partial charge in [-0.05, 0) is 39.4 Å². The Morgan fingerprint density at radius 2 is 2.00 bits per heavy atom. The van der Waals surface area contributed by atoms with E-state index >= 15 is 0 Å². The van der Waals surface area contributed by atoms with E-state index in [0.717, 1.165) is 24.6 Å². The Balaban J connectivity index is 2.00. The molecule has 0 N–H and O–H groups in total. The number of hydrogen-bond donors (Lipinski definition) is 0. The van der Waals surface area contributed by atoms with Gasteiger partial charge in [0.2, 0.25) is 0 Å². The van der Waals surface area contributed by atoms with E-state index in [1.54, 1.807) is 0 Å². The molecule has 0 fully saturated rings. The third-order valence-corrected chi connectivity index (χ3v) is 3.42. The molecular formula is C14H21N3O. The second-order valence-electron chi connectivity index (χ2n) is 5.00. The number of hydrogen-bond acceptors (Lipinski definition) is 3. The van der Waals surface area contributed by atoms with E-state index in [2.05, 4.69) is 37.0 Å². The number of rotatable bonds is 4. The molecule has 0 bridgehead atoms. The minimum absolute atomic E-state index is 0.822. The summed E-state index contributed by atoms with van der Waals surface area (Å²) in [4.78, 5) is 2.24. The Labute approximate surface area is 108 Å². The molecule has 0 aromatic carbocycles. The van der Waals surface area contributed by atoms with E-state index < -0.39 is 0 Å². The fourth-order valence-electron chi connectivity index (χ4n) is 2.04. The van der Waals surface area contributed by atoms with Crippen LogP contribution in [0.4, 0.5) is 0 Å². The number of aromatic nitrogens is 2. The van der Waals surface area contributed by atoms with Crippen molar-refractivity contribution in [1.82, 2.24) is 14.7 Å². The van der Waals surface area contributed by atoms with Gasteiger partial charge in [0.15, 0.2) is 0 Å². The molecule has 0 aliphatic rings. The van der Waals surface area contributed by atoms with Crippen molar-refractivity contribution in [3.63, 3.8) is 0 Å². The Kier molecular flexibility index (Phi) is 3.57. The SMILES string of the molecule is Cc1cc(CN(C)Cc2cnn(C)c2C)oc1C. The molecule has 2 aromatic heterocycles. The van der Waals surface area contributed by atoms with Gasteiger partial charge < -0.3 is 4.42 Å². The molecule has 4 nitrogen and oxygen atoms in total. The molecule has 18 heavy (non-hydrogen) atoms. The maximum Gasteiger partial charge on any atom is 0.118 e. The second-order valence-corrected chi connectivity index (χ2v) is 5.00. The van der Waals surface area contributed by atoms with Gasteiger partial charge in [-0.2, -0.15) is 5.10 Å². The van der Waals surface area contributed by atoms with E-state index in [9.17, 15) is 0 Å². The first-order chi connectivity index (χ1) is 8.47. The van der Waals surface area contributed by atoms with Crippen LogP contribution in [0.1, 0.15) is 28.3 Å². The molecule has 0 amide bonds. The van der Waals surface area contributed by atoms with E-state index in [-0.39, 0.29) is 0 Å². The molecule has 0 aliphatic heterocycles. The average molecular weight is 247 g/mol. The maximum absolute atomic E-state index is 5.70. The van der Waals surface area contributed by atoms with Gasteiger partial charge in [-0.3, -0.25) is 9.58 Å². The number of aryl methyl sites for hydroxylation is 3. The lowest BCUT2D eigenvalue weighted by Crippen LogP contribution is -2.17. The monoisotopic (exact) mass is 247 g/mol. The zero-order chi connectivity index (χ0) is 13.3.